The second-order valence-electron chi connectivity index (χ2n) is 6.53. The van der Waals surface area contributed by atoms with Crippen LogP contribution in [0.5, 0.6) is 5.75 Å². The van der Waals surface area contributed by atoms with Crippen molar-refractivity contribution in [1.29, 1.82) is 0 Å². The Labute approximate surface area is 116 Å². The van der Waals surface area contributed by atoms with E-state index in [1.54, 1.807) is 0 Å². The van der Waals surface area contributed by atoms with Crippen LogP contribution in [0.15, 0.2) is 12.1 Å². The van der Waals surface area contributed by atoms with Crippen LogP contribution in [0.2, 0.25) is 0 Å². The fraction of sp³-hybridized carbons (Fsp3) is 0.647. The van der Waals surface area contributed by atoms with E-state index < -0.39 is 0 Å². The molecule has 104 valence electrons. The maximum absolute atomic E-state index is 6.15. The van der Waals surface area contributed by atoms with Crippen molar-refractivity contribution in [2.75, 3.05) is 13.2 Å². The highest BCUT2D eigenvalue weighted by molar-refractivity contribution is 5.48. The van der Waals surface area contributed by atoms with Crippen LogP contribution < -0.4 is 10.5 Å². The van der Waals surface area contributed by atoms with Gasteiger partial charge in [0.05, 0.1) is 6.61 Å². The average Bonchev–Trinajstić information content (AvgIpc) is 3.12. The molecule has 0 atom stereocenters. The molecule has 19 heavy (non-hydrogen) atoms. The second kappa shape index (κ2) is 4.82. The van der Waals surface area contributed by atoms with Crippen LogP contribution in [-0.2, 0) is 5.41 Å². The molecule has 0 saturated heterocycles. The molecule has 0 amide bonds. The van der Waals surface area contributed by atoms with Crippen molar-refractivity contribution in [3.05, 3.63) is 28.8 Å². The zero-order chi connectivity index (χ0) is 13.5. The Bertz CT molecular complexity index is 472. The number of hydrogen-bond donors (Lipinski definition) is 1. The minimum absolute atomic E-state index is 0.216. The summed E-state index contributed by atoms with van der Waals surface area (Å²) >= 11 is 0. The van der Waals surface area contributed by atoms with Crippen LogP contribution >= 0.6 is 0 Å². The molecule has 1 aromatic carbocycles. The summed E-state index contributed by atoms with van der Waals surface area (Å²) in [5.41, 5.74) is 10.2. The number of nitrogens with two attached hydrogens (primary N) is 1. The molecule has 0 bridgehead atoms. The molecule has 0 aliphatic heterocycles. The van der Waals surface area contributed by atoms with Crippen LogP contribution in [-0.4, -0.2) is 13.2 Å². The Morgan fingerprint density at radius 3 is 2.42 bits per heavy atom. The van der Waals surface area contributed by atoms with Crippen LogP contribution in [0.1, 0.15) is 48.8 Å². The predicted octanol–water partition coefficient (Wildman–Crippen LogP) is 3.47. The lowest BCUT2D eigenvalue weighted by molar-refractivity contribution is 0.178. The van der Waals surface area contributed by atoms with Crippen molar-refractivity contribution in [1.82, 2.24) is 0 Å². The van der Waals surface area contributed by atoms with Crippen molar-refractivity contribution < 1.29 is 4.74 Å². The van der Waals surface area contributed by atoms with Gasteiger partial charge in [0.25, 0.3) is 0 Å². The molecule has 1 aromatic rings. The van der Waals surface area contributed by atoms with Crippen molar-refractivity contribution in [2.24, 2.45) is 11.7 Å². The van der Waals surface area contributed by atoms with Crippen LogP contribution in [0.4, 0.5) is 0 Å². The van der Waals surface area contributed by atoms with Gasteiger partial charge in [0.1, 0.15) is 5.75 Å². The van der Waals surface area contributed by atoms with E-state index in [2.05, 4.69) is 26.0 Å². The van der Waals surface area contributed by atoms with Crippen LogP contribution in [0, 0.1) is 19.8 Å². The molecule has 2 aliphatic rings. The molecular formula is C17H25NO. The van der Waals surface area contributed by atoms with Crippen molar-refractivity contribution in [2.45, 2.75) is 51.4 Å². The fourth-order valence-corrected chi connectivity index (χ4v) is 2.92. The average molecular weight is 259 g/mol. The molecule has 0 heterocycles. The Balaban J connectivity index is 1.85. The molecule has 2 saturated carbocycles. The van der Waals surface area contributed by atoms with Gasteiger partial charge in [0.2, 0.25) is 0 Å². The maximum atomic E-state index is 6.15. The number of hydrogen-bond acceptors (Lipinski definition) is 2. The lowest BCUT2D eigenvalue weighted by Gasteiger charge is -2.27. The first kappa shape index (κ1) is 13.0. The zero-order valence-electron chi connectivity index (χ0n) is 12.2. The summed E-state index contributed by atoms with van der Waals surface area (Å²) in [6.07, 6.45) is 6.47. The third kappa shape index (κ3) is 2.38. The highest BCUT2D eigenvalue weighted by atomic mass is 16.5. The van der Waals surface area contributed by atoms with Crippen molar-refractivity contribution in [3.8, 4) is 5.75 Å². The fourth-order valence-electron chi connectivity index (χ4n) is 2.92. The molecule has 2 aliphatic carbocycles. The third-order valence-electron chi connectivity index (χ3n) is 5.11. The molecular weight excluding hydrogens is 234 g/mol. The molecule has 0 spiro atoms. The smallest absolute Gasteiger partial charge is 0.123 e. The predicted molar refractivity (Wildman–Crippen MR) is 78.7 cm³/mol. The minimum Gasteiger partial charge on any atom is -0.493 e. The first-order valence-corrected chi connectivity index (χ1v) is 7.59. The third-order valence-corrected chi connectivity index (χ3v) is 5.11. The highest BCUT2D eigenvalue weighted by Gasteiger charge is 2.45. The molecule has 0 radical (unpaired) electrons. The number of benzene rings is 1. The Morgan fingerprint density at radius 1 is 1.21 bits per heavy atom. The maximum Gasteiger partial charge on any atom is 0.123 e. The lowest BCUT2D eigenvalue weighted by atomic mass is 9.86. The van der Waals surface area contributed by atoms with Gasteiger partial charge >= 0.3 is 0 Å². The van der Waals surface area contributed by atoms with Gasteiger partial charge in [-0.2, -0.15) is 0 Å². The monoisotopic (exact) mass is 259 g/mol. The first-order valence-electron chi connectivity index (χ1n) is 7.59. The summed E-state index contributed by atoms with van der Waals surface area (Å²) in [7, 11) is 0. The minimum atomic E-state index is 0.216. The Morgan fingerprint density at radius 2 is 1.89 bits per heavy atom. The molecule has 0 aromatic heterocycles. The lowest BCUT2D eigenvalue weighted by Crippen LogP contribution is -2.23. The first-order chi connectivity index (χ1) is 9.14. The Kier molecular flexibility index (Phi) is 3.30. The summed E-state index contributed by atoms with van der Waals surface area (Å²) in [5.74, 6) is 1.88. The molecule has 0 unspecified atom stereocenters. The quantitative estimate of drug-likeness (QED) is 0.878. The second-order valence-corrected chi connectivity index (χ2v) is 6.53. The largest absolute Gasteiger partial charge is 0.493 e. The van der Waals surface area contributed by atoms with Gasteiger partial charge in [-0.15, -0.1) is 0 Å². The van der Waals surface area contributed by atoms with Crippen LogP contribution in [0.25, 0.3) is 0 Å². The van der Waals surface area contributed by atoms with Gasteiger partial charge in [-0.25, -0.2) is 0 Å². The van der Waals surface area contributed by atoms with E-state index in [0.717, 1.165) is 24.8 Å². The van der Waals surface area contributed by atoms with Crippen molar-refractivity contribution in [3.63, 3.8) is 0 Å². The molecule has 2 fully saturated rings. The summed E-state index contributed by atoms with van der Waals surface area (Å²) < 4.78 is 6.15. The number of rotatable bonds is 5. The van der Waals surface area contributed by atoms with E-state index >= 15 is 0 Å². The number of ether oxygens (including phenoxy) is 1. The molecule has 2 heteroatoms. The van der Waals surface area contributed by atoms with Gasteiger partial charge in [0, 0.05) is 17.5 Å². The SMILES string of the molecule is Cc1cc(OCC2CCC2)c(C2(CN)CC2)cc1C. The van der Waals surface area contributed by atoms with Crippen LogP contribution in [0.3, 0.4) is 0 Å². The van der Waals surface area contributed by atoms with E-state index in [9.17, 15) is 0 Å². The topological polar surface area (TPSA) is 35.2 Å². The van der Waals surface area contributed by atoms with E-state index in [1.807, 2.05) is 0 Å². The van der Waals surface area contributed by atoms with Gasteiger partial charge in [-0.05, 0) is 62.6 Å². The van der Waals surface area contributed by atoms with Gasteiger partial charge in [-0.1, -0.05) is 12.5 Å². The van der Waals surface area contributed by atoms with Gasteiger partial charge in [-0.3, -0.25) is 0 Å². The van der Waals surface area contributed by atoms with E-state index in [1.165, 1.54) is 48.8 Å². The van der Waals surface area contributed by atoms with E-state index in [4.69, 9.17) is 10.5 Å². The summed E-state index contributed by atoms with van der Waals surface area (Å²) in [4.78, 5) is 0. The molecule has 2 N–H and O–H groups in total. The molecule has 2 nitrogen and oxygen atoms in total. The standard InChI is InChI=1S/C17H25NO/c1-12-8-15(17(11-18)6-7-17)16(9-13(12)2)19-10-14-4-3-5-14/h8-9,14H,3-7,10-11,18H2,1-2H3. The van der Waals surface area contributed by atoms with Crippen molar-refractivity contribution >= 4 is 0 Å². The zero-order valence-corrected chi connectivity index (χ0v) is 12.2. The summed E-state index contributed by atoms with van der Waals surface area (Å²) in [5, 5.41) is 0. The van der Waals surface area contributed by atoms with E-state index in [0.29, 0.717) is 0 Å². The van der Waals surface area contributed by atoms with E-state index in [-0.39, 0.29) is 5.41 Å². The van der Waals surface area contributed by atoms with Gasteiger partial charge in [0.15, 0.2) is 0 Å². The summed E-state index contributed by atoms with van der Waals surface area (Å²) in [6.45, 7) is 5.98. The highest BCUT2D eigenvalue weighted by Crippen LogP contribution is 2.51. The summed E-state index contributed by atoms with van der Waals surface area (Å²) in [6, 6.07) is 4.53. The Hall–Kier alpha value is -1.02. The van der Waals surface area contributed by atoms with Gasteiger partial charge < -0.3 is 10.5 Å². The normalized spacial score (nSPS) is 21.0. The molecule has 3 rings (SSSR count). The number of aryl methyl sites for hydroxylation is 2.